The third-order valence-electron chi connectivity index (χ3n) is 15.2. The number of rotatable bonds is 61. The molecule has 0 bridgehead atoms. The van der Waals surface area contributed by atoms with Crippen LogP contribution in [0.1, 0.15) is 354 Å². The number of amides is 1. The molecule has 73 heavy (non-hydrogen) atoms. The number of nitrogens with one attached hydrogen (secondary N) is 1. The van der Waals surface area contributed by atoms with Crippen molar-refractivity contribution in [2.45, 2.75) is 366 Å². The summed E-state index contributed by atoms with van der Waals surface area (Å²) in [5.74, 6) is -0.0590. The predicted octanol–water partition coefficient (Wildman–Crippen LogP) is 20.8. The second-order valence-corrected chi connectivity index (χ2v) is 22.4. The molecular formula is C67H127NO5. The van der Waals surface area contributed by atoms with Crippen molar-refractivity contribution in [2.75, 3.05) is 13.2 Å². The van der Waals surface area contributed by atoms with E-state index in [1.807, 2.05) is 0 Å². The van der Waals surface area contributed by atoms with Crippen LogP contribution < -0.4 is 5.32 Å². The monoisotopic (exact) mass is 1030 g/mol. The van der Waals surface area contributed by atoms with Crippen LogP contribution in [0.3, 0.4) is 0 Å². The first-order valence-electron chi connectivity index (χ1n) is 32.7. The van der Waals surface area contributed by atoms with E-state index in [9.17, 15) is 19.8 Å². The van der Waals surface area contributed by atoms with E-state index < -0.39 is 12.1 Å². The molecule has 1 amide bonds. The van der Waals surface area contributed by atoms with Crippen molar-refractivity contribution in [3.63, 3.8) is 0 Å². The highest BCUT2D eigenvalue weighted by Gasteiger charge is 2.20. The molecule has 430 valence electrons. The first-order chi connectivity index (χ1) is 36.0. The van der Waals surface area contributed by atoms with Gasteiger partial charge in [-0.1, -0.05) is 294 Å². The summed E-state index contributed by atoms with van der Waals surface area (Å²) < 4.78 is 5.48. The van der Waals surface area contributed by atoms with Crippen LogP contribution in [0.25, 0.3) is 0 Å². The van der Waals surface area contributed by atoms with E-state index in [0.717, 1.165) is 70.6 Å². The van der Waals surface area contributed by atoms with Gasteiger partial charge in [-0.2, -0.15) is 0 Å². The Morgan fingerprint density at radius 2 is 0.685 bits per heavy atom. The number of allylic oxidation sites excluding steroid dienone is 6. The fraction of sp³-hybridized carbons (Fsp3) is 0.881. The van der Waals surface area contributed by atoms with E-state index in [1.54, 1.807) is 0 Å². The Labute approximate surface area is 455 Å². The molecule has 0 aliphatic heterocycles. The average Bonchev–Trinajstić information content (AvgIpc) is 3.39. The Bertz CT molecular complexity index is 1180. The Morgan fingerprint density at radius 3 is 1.08 bits per heavy atom. The molecule has 3 N–H and O–H groups in total. The van der Waals surface area contributed by atoms with Crippen LogP contribution in [0, 0.1) is 0 Å². The Balaban J connectivity index is 3.46. The molecule has 0 fully saturated rings. The highest BCUT2D eigenvalue weighted by Crippen LogP contribution is 2.18. The smallest absolute Gasteiger partial charge is 0.305 e. The molecule has 0 aliphatic rings. The van der Waals surface area contributed by atoms with E-state index in [4.69, 9.17) is 4.74 Å². The van der Waals surface area contributed by atoms with Gasteiger partial charge in [-0.05, 0) is 83.5 Å². The van der Waals surface area contributed by atoms with E-state index in [-0.39, 0.29) is 18.5 Å². The lowest BCUT2D eigenvalue weighted by Crippen LogP contribution is -2.45. The van der Waals surface area contributed by atoms with Crippen LogP contribution in [-0.2, 0) is 14.3 Å². The fourth-order valence-corrected chi connectivity index (χ4v) is 10.1. The summed E-state index contributed by atoms with van der Waals surface area (Å²) in [5.41, 5.74) is 0. The van der Waals surface area contributed by atoms with Crippen LogP contribution >= 0.6 is 0 Å². The Morgan fingerprint density at radius 1 is 0.384 bits per heavy atom. The molecule has 0 heterocycles. The van der Waals surface area contributed by atoms with Gasteiger partial charge in [-0.3, -0.25) is 9.59 Å². The minimum absolute atomic E-state index is 0.00989. The van der Waals surface area contributed by atoms with Crippen LogP contribution in [0.4, 0.5) is 0 Å². The Kier molecular flexibility index (Phi) is 61.0. The average molecular weight is 1030 g/mol. The number of hydrogen-bond donors (Lipinski definition) is 3. The Hall–Kier alpha value is -1.92. The zero-order valence-corrected chi connectivity index (χ0v) is 49.1. The largest absolute Gasteiger partial charge is 0.466 e. The summed E-state index contributed by atoms with van der Waals surface area (Å²) in [6, 6.07) is -0.556. The summed E-state index contributed by atoms with van der Waals surface area (Å²) in [6.45, 7) is 4.93. The van der Waals surface area contributed by atoms with E-state index in [1.165, 1.54) is 250 Å². The lowest BCUT2D eigenvalue weighted by molar-refractivity contribution is -0.143. The molecule has 2 atom stereocenters. The van der Waals surface area contributed by atoms with Crippen molar-refractivity contribution in [1.82, 2.24) is 5.32 Å². The maximum Gasteiger partial charge on any atom is 0.305 e. The number of ether oxygens (including phenoxy) is 1. The summed E-state index contributed by atoms with van der Waals surface area (Å²) in [5, 5.41) is 23.4. The minimum Gasteiger partial charge on any atom is -0.466 e. The van der Waals surface area contributed by atoms with Crippen LogP contribution in [0.2, 0.25) is 0 Å². The van der Waals surface area contributed by atoms with Crippen molar-refractivity contribution >= 4 is 11.9 Å². The quantitative estimate of drug-likeness (QED) is 0.0320. The molecule has 0 aromatic rings. The van der Waals surface area contributed by atoms with Crippen molar-refractivity contribution < 1.29 is 24.5 Å². The van der Waals surface area contributed by atoms with E-state index >= 15 is 0 Å². The maximum atomic E-state index is 12.5. The molecule has 0 saturated heterocycles. The van der Waals surface area contributed by atoms with Gasteiger partial charge >= 0.3 is 5.97 Å². The first-order valence-corrected chi connectivity index (χ1v) is 32.7. The molecular weight excluding hydrogens is 899 g/mol. The number of aliphatic hydroxyl groups is 2. The highest BCUT2D eigenvalue weighted by molar-refractivity contribution is 5.76. The van der Waals surface area contributed by atoms with E-state index in [0.29, 0.717) is 25.9 Å². The predicted molar refractivity (Wildman–Crippen MR) is 319 cm³/mol. The second kappa shape index (κ2) is 62.6. The van der Waals surface area contributed by atoms with Gasteiger partial charge in [0.05, 0.1) is 25.4 Å². The summed E-state index contributed by atoms with van der Waals surface area (Å²) in [7, 11) is 0. The standard InChI is InChI=1S/C67H127NO5/c1-3-5-7-9-11-13-15-17-19-21-22-23-24-25-26-28-31-35-39-43-47-51-55-59-65(70)64(63-69)68-66(71)60-56-52-48-44-40-36-32-29-30-34-38-42-46-50-54-58-62-73-67(72)61-57-53-49-45-41-37-33-27-20-18-16-14-12-10-8-6-4-2/h12,14,18,20,29,32,64-65,69-70H,3-11,13,15-17,19,21-28,30-31,33-63H2,1-2H3,(H,68,71)/b14-12-,20-18-,32-29-. The van der Waals surface area contributed by atoms with Crippen LogP contribution in [-0.4, -0.2) is 47.4 Å². The number of hydrogen-bond acceptors (Lipinski definition) is 5. The number of aliphatic hydroxyl groups excluding tert-OH is 2. The molecule has 0 aromatic carbocycles. The molecule has 2 unspecified atom stereocenters. The summed E-state index contributed by atoms with van der Waals surface area (Å²) in [4.78, 5) is 24.6. The van der Waals surface area contributed by atoms with Crippen molar-refractivity contribution in [2.24, 2.45) is 0 Å². The van der Waals surface area contributed by atoms with Crippen molar-refractivity contribution in [3.05, 3.63) is 36.5 Å². The zero-order chi connectivity index (χ0) is 52.9. The van der Waals surface area contributed by atoms with Crippen LogP contribution in [0.15, 0.2) is 36.5 Å². The topological polar surface area (TPSA) is 95.9 Å². The van der Waals surface area contributed by atoms with E-state index in [2.05, 4.69) is 55.6 Å². The van der Waals surface area contributed by atoms with Gasteiger partial charge in [0.15, 0.2) is 0 Å². The number of unbranched alkanes of at least 4 members (excludes halogenated alkanes) is 44. The zero-order valence-electron chi connectivity index (χ0n) is 49.1. The third-order valence-corrected chi connectivity index (χ3v) is 15.2. The van der Waals surface area contributed by atoms with Gasteiger partial charge in [0.2, 0.25) is 5.91 Å². The number of carbonyl (C=O) groups is 2. The fourth-order valence-electron chi connectivity index (χ4n) is 10.1. The van der Waals surface area contributed by atoms with Gasteiger partial charge < -0.3 is 20.3 Å². The molecule has 0 radical (unpaired) electrons. The van der Waals surface area contributed by atoms with Gasteiger partial charge in [0, 0.05) is 12.8 Å². The summed E-state index contributed by atoms with van der Waals surface area (Å²) >= 11 is 0. The first kappa shape index (κ1) is 71.1. The molecule has 0 saturated carbocycles. The molecule has 0 rings (SSSR count). The molecule has 0 aromatic heterocycles. The molecule has 6 nitrogen and oxygen atoms in total. The van der Waals surface area contributed by atoms with Gasteiger partial charge in [-0.15, -0.1) is 0 Å². The normalized spacial score (nSPS) is 12.8. The maximum absolute atomic E-state index is 12.5. The van der Waals surface area contributed by atoms with Gasteiger partial charge in [0.1, 0.15) is 0 Å². The third kappa shape index (κ3) is 59.2. The lowest BCUT2D eigenvalue weighted by Gasteiger charge is -2.22. The number of carbonyl (C=O) groups excluding carboxylic acids is 2. The number of esters is 1. The second-order valence-electron chi connectivity index (χ2n) is 22.4. The van der Waals surface area contributed by atoms with Crippen LogP contribution in [0.5, 0.6) is 0 Å². The van der Waals surface area contributed by atoms with Crippen molar-refractivity contribution in [1.29, 1.82) is 0 Å². The van der Waals surface area contributed by atoms with Gasteiger partial charge in [0.25, 0.3) is 0 Å². The highest BCUT2D eigenvalue weighted by atomic mass is 16.5. The van der Waals surface area contributed by atoms with Gasteiger partial charge in [-0.25, -0.2) is 0 Å². The SMILES string of the molecule is CCCCC/C=C\C/C=C\CCCCCCCCCC(=O)OCCCCCCCCC/C=C\CCCCCCCC(=O)NC(CO)C(O)CCCCCCCCCCCCCCCCCCCCCCCCC. The summed E-state index contributed by atoms with van der Waals surface area (Å²) in [6.07, 6.45) is 78.7. The molecule has 6 heteroatoms. The molecule has 0 spiro atoms. The van der Waals surface area contributed by atoms with Crippen molar-refractivity contribution in [3.8, 4) is 0 Å². The molecule has 0 aliphatic carbocycles. The minimum atomic E-state index is -0.677. The lowest BCUT2D eigenvalue weighted by atomic mass is 10.0.